The molecular formula is C12H20N6O. The summed E-state index contributed by atoms with van der Waals surface area (Å²) in [5.74, 6) is 6.59. The molecule has 1 atom stereocenters. The van der Waals surface area contributed by atoms with Gasteiger partial charge < -0.3 is 16.1 Å². The summed E-state index contributed by atoms with van der Waals surface area (Å²) >= 11 is 0. The fraction of sp³-hybridized carbons (Fsp3) is 0.583. The zero-order chi connectivity index (χ0) is 13.8. The molecule has 0 aromatic carbocycles. The fourth-order valence-electron chi connectivity index (χ4n) is 2.53. The summed E-state index contributed by atoms with van der Waals surface area (Å²) in [7, 11) is 0. The van der Waals surface area contributed by atoms with Crippen LogP contribution < -0.4 is 21.9 Å². The number of piperidine rings is 1. The number of hydrogen-bond acceptors (Lipinski definition) is 6. The number of rotatable bonds is 4. The van der Waals surface area contributed by atoms with Gasteiger partial charge in [-0.1, -0.05) is 6.92 Å². The van der Waals surface area contributed by atoms with Crippen LogP contribution in [0.4, 0.5) is 11.6 Å². The van der Waals surface area contributed by atoms with Gasteiger partial charge in [-0.25, -0.2) is 15.8 Å². The van der Waals surface area contributed by atoms with Crippen molar-refractivity contribution in [3.63, 3.8) is 0 Å². The minimum absolute atomic E-state index is 0.109. The number of nitrogens with one attached hydrogen (secondary N) is 1. The van der Waals surface area contributed by atoms with Crippen molar-refractivity contribution in [2.45, 2.75) is 26.2 Å². The number of nitrogens with two attached hydrogens (primary N) is 2. The van der Waals surface area contributed by atoms with Gasteiger partial charge >= 0.3 is 0 Å². The van der Waals surface area contributed by atoms with Gasteiger partial charge in [-0.3, -0.25) is 4.79 Å². The van der Waals surface area contributed by atoms with E-state index in [0.717, 1.165) is 37.2 Å². The first-order valence-electron chi connectivity index (χ1n) is 6.52. The summed E-state index contributed by atoms with van der Waals surface area (Å²) in [6.45, 7) is 3.51. The maximum absolute atomic E-state index is 11.3. The molecular weight excluding hydrogens is 244 g/mol. The highest BCUT2D eigenvalue weighted by atomic mass is 16.1. The van der Waals surface area contributed by atoms with E-state index in [1.807, 2.05) is 6.92 Å². The number of amides is 1. The van der Waals surface area contributed by atoms with Crippen molar-refractivity contribution in [3.8, 4) is 0 Å². The quantitative estimate of drug-likeness (QED) is 0.522. The second-order valence-electron chi connectivity index (χ2n) is 4.71. The summed E-state index contributed by atoms with van der Waals surface area (Å²) in [4.78, 5) is 21.9. The van der Waals surface area contributed by atoms with Gasteiger partial charge in [-0.15, -0.1) is 0 Å². The van der Waals surface area contributed by atoms with Gasteiger partial charge in [0.1, 0.15) is 18.0 Å². The van der Waals surface area contributed by atoms with Crippen LogP contribution >= 0.6 is 0 Å². The van der Waals surface area contributed by atoms with E-state index in [-0.39, 0.29) is 11.8 Å². The zero-order valence-electron chi connectivity index (χ0n) is 11.1. The molecule has 0 bridgehead atoms. The highest BCUT2D eigenvalue weighted by Gasteiger charge is 2.26. The Balaban J connectivity index is 2.28. The molecule has 1 fully saturated rings. The van der Waals surface area contributed by atoms with Crippen LogP contribution in [0.2, 0.25) is 0 Å². The first kappa shape index (κ1) is 13.5. The Morgan fingerprint density at radius 1 is 1.58 bits per heavy atom. The van der Waals surface area contributed by atoms with E-state index in [0.29, 0.717) is 12.4 Å². The lowest BCUT2D eigenvalue weighted by Gasteiger charge is -2.33. The molecule has 0 radical (unpaired) electrons. The fourth-order valence-corrected chi connectivity index (χ4v) is 2.53. The molecule has 1 aliphatic rings. The van der Waals surface area contributed by atoms with Gasteiger partial charge in [0.15, 0.2) is 0 Å². The number of nitrogens with zero attached hydrogens (tertiary/aromatic N) is 3. The molecule has 1 amide bonds. The molecule has 0 aliphatic carbocycles. The van der Waals surface area contributed by atoms with E-state index in [2.05, 4.69) is 20.3 Å². The molecule has 7 nitrogen and oxygen atoms in total. The molecule has 7 heteroatoms. The minimum atomic E-state index is -0.242. The summed E-state index contributed by atoms with van der Waals surface area (Å²) in [6, 6.07) is 0. The third-order valence-corrected chi connectivity index (χ3v) is 3.54. The van der Waals surface area contributed by atoms with Crippen LogP contribution in [0.3, 0.4) is 0 Å². The molecule has 0 spiro atoms. The standard InChI is InChI=1S/C12H20N6O/c1-2-9-11(17-14)15-7-16-12(9)18-5-3-4-8(6-18)10(13)19/h7-8H,2-6,14H2,1H3,(H2,13,19)(H,15,16,17). The molecule has 1 unspecified atom stereocenters. The van der Waals surface area contributed by atoms with Gasteiger partial charge in [0.25, 0.3) is 0 Å². The lowest BCUT2D eigenvalue weighted by molar-refractivity contribution is -0.122. The number of hydrazine groups is 1. The lowest BCUT2D eigenvalue weighted by atomic mass is 9.97. The number of nitrogen functional groups attached to an aromatic ring is 1. The van der Waals surface area contributed by atoms with Gasteiger partial charge in [0.05, 0.1) is 5.92 Å². The summed E-state index contributed by atoms with van der Waals surface area (Å²) in [6.07, 6.45) is 4.04. The van der Waals surface area contributed by atoms with Crippen molar-refractivity contribution in [2.24, 2.45) is 17.5 Å². The molecule has 2 rings (SSSR count). The van der Waals surface area contributed by atoms with Crippen molar-refractivity contribution in [2.75, 3.05) is 23.4 Å². The third-order valence-electron chi connectivity index (χ3n) is 3.54. The van der Waals surface area contributed by atoms with Gasteiger partial charge in [0, 0.05) is 18.7 Å². The topological polar surface area (TPSA) is 110 Å². The lowest BCUT2D eigenvalue weighted by Crippen LogP contribution is -2.42. The minimum Gasteiger partial charge on any atom is -0.369 e. The first-order valence-corrected chi connectivity index (χ1v) is 6.52. The molecule has 1 aromatic rings. The SMILES string of the molecule is CCc1c(NN)ncnc1N1CCCC(C(N)=O)C1. The maximum atomic E-state index is 11.3. The van der Waals surface area contributed by atoms with Gasteiger partial charge in [-0.2, -0.15) is 0 Å². The summed E-state index contributed by atoms with van der Waals surface area (Å²) < 4.78 is 0. The number of aromatic nitrogens is 2. The second kappa shape index (κ2) is 5.83. The Bertz CT molecular complexity index is 464. The monoisotopic (exact) mass is 264 g/mol. The number of primary amides is 1. The average molecular weight is 264 g/mol. The van der Waals surface area contributed by atoms with Crippen molar-refractivity contribution in [1.29, 1.82) is 0 Å². The molecule has 1 aliphatic heterocycles. The normalized spacial score (nSPS) is 19.3. The van der Waals surface area contributed by atoms with E-state index in [1.54, 1.807) is 0 Å². The van der Waals surface area contributed by atoms with Crippen LogP contribution in [0.5, 0.6) is 0 Å². The Labute approximate surface area is 112 Å². The average Bonchev–Trinajstić information content (AvgIpc) is 2.46. The predicted molar refractivity (Wildman–Crippen MR) is 73.4 cm³/mol. The number of anilines is 2. The molecule has 1 saturated heterocycles. The number of hydrogen-bond donors (Lipinski definition) is 3. The predicted octanol–water partition coefficient (Wildman–Crippen LogP) is 0.0263. The van der Waals surface area contributed by atoms with Crippen LogP contribution in [-0.4, -0.2) is 29.0 Å². The zero-order valence-corrected chi connectivity index (χ0v) is 11.1. The van der Waals surface area contributed by atoms with Gasteiger partial charge in [0.2, 0.25) is 5.91 Å². The molecule has 19 heavy (non-hydrogen) atoms. The Hall–Kier alpha value is -1.89. The van der Waals surface area contributed by atoms with E-state index >= 15 is 0 Å². The van der Waals surface area contributed by atoms with Crippen LogP contribution in [0.1, 0.15) is 25.3 Å². The smallest absolute Gasteiger partial charge is 0.222 e. The van der Waals surface area contributed by atoms with Crippen molar-refractivity contribution in [1.82, 2.24) is 9.97 Å². The molecule has 2 heterocycles. The number of carbonyl (C=O) groups is 1. The van der Waals surface area contributed by atoms with E-state index in [4.69, 9.17) is 11.6 Å². The van der Waals surface area contributed by atoms with Crippen molar-refractivity contribution >= 4 is 17.5 Å². The Morgan fingerprint density at radius 3 is 3.00 bits per heavy atom. The summed E-state index contributed by atoms with van der Waals surface area (Å²) in [5.41, 5.74) is 8.96. The van der Waals surface area contributed by atoms with E-state index in [1.165, 1.54) is 6.33 Å². The Kier molecular flexibility index (Phi) is 4.16. The van der Waals surface area contributed by atoms with E-state index in [9.17, 15) is 4.79 Å². The highest BCUT2D eigenvalue weighted by molar-refractivity contribution is 5.77. The first-order chi connectivity index (χ1) is 9.17. The molecule has 1 aromatic heterocycles. The largest absolute Gasteiger partial charge is 0.369 e. The molecule has 104 valence electrons. The highest BCUT2D eigenvalue weighted by Crippen LogP contribution is 2.27. The van der Waals surface area contributed by atoms with Gasteiger partial charge in [-0.05, 0) is 19.3 Å². The second-order valence-corrected chi connectivity index (χ2v) is 4.71. The maximum Gasteiger partial charge on any atom is 0.222 e. The van der Waals surface area contributed by atoms with Crippen LogP contribution in [0.15, 0.2) is 6.33 Å². The van der Waals surface area contributed by atoms with E-state index < -0.39 is 0 Å². The molecule has 5 N–H and O–H groups in total. The number of carbonyl (C=O) groups excluding carboxylic acids is 1. The van der Waals surface area contributed by atoms with Crippen molar-refractivity contribution < 1.29 is 4.79 Å². The Morgan fingerprint density at radius 2 is 2.37 bits per heavy atom. The summed E-state index contributed by atoms with van der Waals surface area (Å²) in [5, 5.41) is 0. The third kappa shape index (κ3) is 2.76. The van der Waals surface area contributed by atoms with Crippen LogP contribution in [-0.2, 0) is 11.2 Å². The molecule has 0 saturated carbocycles. The van der Waals surface area contributed by atoms with Crippen molar-refractivity contribution in [3.05, 3.63) is 11.9 Å². The van der Waals surface area contributed by atoms with Crippen LogP contribution in [0.25, 0.3) is 0 Å². The van der Waals surface area contributed by atoms with Crippen LogP contribution in [0, 0.1) is 5.92 Å².